The van der Waals surface area contributed by atoms with E-state index >= 15 is 0 Å². The molecule has 0 bridgehead atoms. The molecule has 0 aliphatic heterocycles. The predicted octanol–water partition coefficient (Wildman–Crippen LogP) is 4.02. The van der Waals surface area contributed by atoms with Gasteiger partial charge in [0.25, 0.3) is 0 Å². The van der Waals surface area contributed by atoms with Crippen LogP contribution < -0.4 is 10.6 Å². The highest BCUT2D eigenvalue weighted by molar-refractivity contribution is 5.90. The number of amides is 1. The third kappa shape index (κ3) is 4.68. The van der Waals surface area contributed by atoms with Crippen LogP contribution in [0.5, 0.6) is 0 Å². The van der Waals surface area contributed by atoms with E-state index in [0.29, 0.717) is 12.1 Å². The highest BCUT2D eigenvalue weighted by Crippen LogP contribution is 2.28. The molecule has 1 amide bonds. The third-order valence-corrected chi connectivity index (χ3v) is 3.31. The molecular weight excluding hydrogens is 321 g/mol. The van der Waals surface area contributed by atoms with Gasteiger partial charge in [-0.3, -0.25) is 4.79 Å². The zero-order valence-corrected chi connectivity index (χ0v) is 13.2. The first-order valence-corrected chi connectivity index (χ1v) is 7.36. The zero-order valence-electron chi connectivity index (χ0n) is 13.2. The van der Waals surface area contributed by atoms with Crippen molar-refractivity contribution in [3.8, 4) is 0 Å². The molecule has 5 nitrogen and oxygen atoms in total. The summed E-state index contributed by atoms with van der Waals surface area (Å²) in [5.41, 5.74) is 0.489. The van der Waals surface area contributed by atoms with Gasteiger partial charge in [-0.25, -0.2) is 9.97 Å². The Bertz CT molecular complexity index is 701. The second-order valence-corrected chi connectivity index (χ2v) is 5.15. The molecule has 8 heteroatoms. The van der Waals surface area contributed by atoms with E-state index in [1.54, 1.807) is 38.1 Å². The summed E-state index contributed by atoms with van der Waals surface area (Å²) in [6.45, 7) is 3.54. The van der Waals surface area contributed by atoms with Crippen molar-refractivity contribution < 1.29 is 18.0 Å². The summed E-state index contributed by atoms with van der Waals surface area (Å²) in [5.74, 6) is -0.188. The van der Waals surface area contributed by atoms with E-state index in [1.165, 1.54) is 0 Å². The van der Waals surface area contributed by atoms with Gasteiger partial charge >= 0.3 is 6.18 Å². The summed E-state index contributed by atoms with van der Waals surface area (Å²) >= 11 is 0. The molecule has 0 unspecified atom stereocenters. The van der Waals surface area contributed by atoms with E-state index in [1.807, 2.05) is 0 Å². The minimum atomic E-state index is -4.51. The minimum Gasteiger partial charge on any atom is -0.348 e. The Balaban J connectivity index is 2.07. The summed E-state index contributed by atoms with van der Waals surface area (Å²) in [4.78, 5) is 18.6. The van der Waals surface area contributed by atoms with Gasteiger partial charge in [-0.15, -0.1) is 0 Å². The quantitative estimate of drug-likeness (QED) is 0.864. The number of nitrogens with one attached hydrogen (secondary N) is 2. The second kappa shape index (κ2) is 7.29. The van der Waals surface area contributed by atoms with Crippen LogP contribution in [0.3, 0.4) is 0 Å². The van der Waals surface area contributed by atoms with Gasteiger partial charge in [0.1, 0.15) is 5.69 Å². The SMILES string of the molecule is CCC(=O)Nc1ccc([C@@H](C)Nc2nccc(C(F)(F)F)n2)cc1. The zero-order chi connectivity index (χ0) is 17.7. The molecule has 0 fully saturated rings. The Morgan fingerprint density at radius 1 is 1.21 bits per heavy atom. The maximum atomic E-state index is 12.7. The molecule has 24 heavy (non-hydrogen) atoms. The van der Waals surface area contributed by atoms with Crippen LogP contribution in [0.15, 0.2) is 36.5 Å². The lowest BCUT2D eigenvalue weighted by Gasteiger charge is -2.15. The van der Waals surface area contributed by atoms with Crippen molar-refractivity contribution in [2.24, 2.45) is 0 Å². The van der Waals surface area contributed by atoms with Gasteiger partial charge in [0, 0.05) is 18.3 Å². The lowest BCUT2D eigenvalue weighted by molar-refractivity contribution is -0.141. The average molecular weight is 338 g/mol. The summed E-state index contributed by atoms with van der Waals surface area (Å²) in [6, 6.07) is 7.53. The van der Waals surface area contributed by atoms with Crippen molar-refractivity contribution in [3.05, 3.63) is 47.8 Å². The van der Waals surface area contributed by atoms with Gasteiger partial charge in [0.15, 0.2) is 0 Å². The fourth-order valence-corrected chi connectivity index (χ4v) is 1.97. The fourth-order valence-electron chi connectivity index (χ4n) is 1.97. The van der Waals surface area contributed by atoms with E-state index in [2.05, 4.69) is 20.6 Å². The molecule has 1 aromatic heterocycles. The molecule has 0 saturated heterocycles. The molecule has 1 heterocycles. The number of nitrogens with zero attached hydrogens (tertiary/aromatic N) is 2. The number of alkyl halides is 3. The molecular formula is C16H17F3N4O. The summed E-state index contributed by atoms with van der Waals surface area (Å²) < 4.78 is 38.0. The first kappa shape index (κ1) is 17.7. The summed E-state index contributed by atoms with van der Waals surface area (Å²) in [7, 11) is 0. The van der Waals surface area contributed by atoms with Crippen molar-refractivity contribution in [2.45, 2.75) is 32.5 Å². The van der Waals surface area contributed by atoms with E-state index in [4.69, 9.17) is 0 Å². The van der Waals surface area contributed by atoms with Gasteiger partial charge < -0.3 is 10.6 Å². The number of anilines is 2. The van der Waals surface area contributed by atoms with Crippen LogP contribution in [-0.2, 0) is 11.0 Å². The molecule has 1 atom stereocenters. The number of halogens is 3. The lowest BCUT2D eigenvalue weighted by Crippen LogP contribution is -2.14. The van der Waals surface area contributed by atoms with E-state index in [9.17, 15) is 18.0 Å². The fraction of sp³-hybridized carbons (Fsp3) is 0.312. The molecule has 0 spiro atoms. The highest BCUT2D eigenvalue weighted by atomic mass is 19.4. The molecule has 2 N–H and O–H groups in total. The van der Waals surface area contributed by atoms with Crippen molar-refractivity contribution >= 4 is 17.5 Å². The molecule has 2 aromatic rings. The van der Waals surface area contributed by atoms with Crippen LogP contribution in [0.25, 0.3) is 0 Å². The molecule has 1 aromatic carbocycles. The number of aromatic nitrogens is 2. The van der Waals surface area contributed by atoms with Crippen molar-refractivity contribution in [1.29, 1.82) is 0 Å². The van der Waals surface area contributed by atoms with Crippen molar-refractivity contribution in [2.75, 3.05) is 10.6 Å². The van der Waals surface area contributed by atoms with Crippen LogP contribution in [0.1, 0.15) is 37.6 Å². The maximum absolute atomic E-state index is 12.7. The van der Waals surface area contributed by atoms with Crippen molar-refractivity contribution in [1.82, 2.24) is 9.97 Å². The number of hydrogen-bond acceptors (Lipinski definition) is 4. The van der Waals surface area contributed by atoms with Crippen LogP contribution in [-0.4, -0.2) is 15.9 Å². The van der Waals surface area contributed by atoms with Crippen LogP contribution in [0, 0.1) is 0 Å². The highest BCUT2D eigenvalue weighted by Gasteiger charge is 2.32. The Hall–Kier alpha value is -2.64. The largest absolute Gasteiger partial charge is 0.433 e. The number of hydrogen-bond donors (Lipinski definition) is 2. The van der Waals surface area contributed by atoms with E-state index < -0.39 is 11.9 Å². The molecule has 0 saturated carbocycles. The Morgan fingerprint density at radius 3 is 2.46 bits per heavy atom. The normalized spacial score (nSPS) is 12.5. The first-order valence-electron chi connectivity index (χ1n) is 7.36. The second-order valence-electron chi connectivity index (χ2n) is 5.15. The number of carbonyl (C=O) groups excluding carboxylic acids is 1. The monoisotopic (exact) mass is 338 g/mol. The number of rotatable bonds is 5. The summed E-state index contributed by atoms with van der Waals surface area (Å²) in [5, 5.41) is 5.55. The smallest absolute Gasteiger partial charge is 0.348 e. The molecule has 2 rings (SSSR count). The van der Waals surface area contributed by atoms with Gasteiger partial charge in [0.2, 0.25) is 11.9 Å². The van der Waals surface area contributed by atoms with Crippen molar-refractivity contribution in [3.63, 3.8) is 0 Å². The molecule has 128 valence electrons. The van der Waals surface area contributed by atoms with Crippen LogP contribution in [0.2, 0.25) is 0 Å². The standard InChI is InChI=1S/C16H17F3N4O/c1-3-14(24)22-12-6-4-11(5-7-12)10(2)21-15-20-9-8-13(23-15)16(17,18)19/h4-10H,3H2,1-2H3,(H,22,24)(H,20,21,23)/t10-/m1/s1. The Labute approximate surface area is 137 Å². The van der Waals surface area contributed by atoms with E-state index in [0.717, 1.165) is 17.8 Å². The topological polar surface area (TPSA) is 66.9 Å². The Kier molecular flexibility index (Phi) is 5.38. The predicted molar refractivity (Wildman–Crippen MR) is 84.4 cm³/mol. The Morgan fingerprint density at radius 2 is 1.88 bits per heavy atom. The van der Waals surface area contributed by atoms with Crippen LogP contribution >= 0.6 is 0 Å². The molecule has 0 aliphatic rings. The first-order chi connectivity index (χ1) is 11.3. The van der Waals surface area contributed by atoms with Gasteiger partial charge in [-0.1, -0.05) is 19.1 Å². The van der Waals surface area contributed by atoms with Crippen LogP contribution in [0.4, 0.5) is 24.8 Å². The van der Waals surface area contributed by atoms with Gasteiger partial charge in [0.05, 0.1) is 6.04 Å². The number of carbonyl (C=O) groups is 1. The van der Waals surface area contributed by atoms with Gasteiger partial charge in [-0.2, -0.15) is 13.2 Å². The number of benzene rings is 1. The summed E-state index contributed by atoms with van der Waals surface area (Å²) in [6.07, 6.45) is -3.07. The average Bonchev–Trinajstić information content (AvgIpc) is 2.54. The lowest BCUT2D eigenvalue weighted by atomic mass is 10.1. The third-order valence-electron chi connectivity index (χ3n) is 3.31. The molecule has 0 aliphatic carbocycles. The minimum absolute atomic E-state index is 0.0914. The maximum Gasteiger partial charge on any atom is 0.433 e. The van der Waals surface area contributed by atoms with E-state index in [-0.39, 0.29) is 17.9 Å². The molecule has 0 radical (unpaired) electrons. The van der Waals surface area contributed by atoms with Gasteiger partial charge in [-0.05, 0) is 30.7 Å².